The molecule has 0 rings (SSSR count). The average Bonchev–Trinajstić information content (AvgIpc) is 2.13. The number of imide groups is 1. The fourth-order valence-electron chi connectivity index (χ4n) is 0.857. The Morgan fingerprint density at radius 3 is 2.11 bits per heavy atom. The van der Waals surface area contributed by atoms with Crippen molar-refractivity contribution >= 4 is 18.1 Å². The van der Waals surface area contributed by atoms with E-state index >= 15 is 0 Å². The summed E-state index contributed by atoms with van der Waals surface area (Å²) in [4.78, 5) is 22.5. The summed E-state index contributed by atoms with van der Waals surface area (Å²) >= 11 is 0. The van der Waals surface area contributed by atoms with Crippen molar-refractivity contribution in [1.82, 2.24) is 15.5 Å². The Bertz CT molecular complexity index is 343. The number of methoxy groups -OCH3 is 1. The Hall–Kier alpha value is -2.00. The van der Waals surface area contributed by atoms with Gasteiger partial charge in [0, 0.05) is 6.04 Å². The van der Waals surface area contributed by atoms with Crippen molar-refractivity contribution < 1.29 is 27.5 Å². The summed E-state index contributed by atoms with van der Waals surface area (Å²) in [6.07, 6.45) is -5.01. The van der Waals surface area contributed by atoms with Gasteiger partial charge in [-0.2, -0.15) is 18.1 Å². The molecule has 0 aromatic carbocycles. The highest BCUT2D eigenvalue weighted by molar-refractivity contribution is 6.08. The minimum Gasteiger partial charge on any atom is -0.468 e. The van der Waals surface area contributed by atoms with Crippen molar-refractivity contribution in [3.8, 4) is 0 Å². The van der Waals surface area contributed by atoms with E-state index in [1.807, 2.05) is 0 Å². The second kappa shape index (κ2) is 6.07. The maximum Gasteiger partial charge on any atom is 0.485 e. The SMILES string of the molecule is COC(=N)N(C(=O)NC(C)C)C(=O)NC(F)(F)F. The Labute approximate surface area is 101 Å². The van der Waals surface area contributed by atoms with Crippen LogP contribution in [-0.4, -0.2) is 42.4 Å². The Morgan fingerprint density at radius 1 is 1.28 bits per heavy atom. The lowest BCUT2D eigenvalue weighted by Crippen LogP contribution is -2.55. The molecule has 0 saturated heterocycles. The van der Waals surface area contributed by atoms with E-state index in [0.717, 1.165) is 7.11 Å². The van der Waals surface area contributed by atoms with Crippen LogP contribution in [-0.2, 0) is 4.74 Å². The smallest absolute Gasteiger partial charge is 0.468 e. The summed E-state index contributed by atoms with van der Waals surface area (Å²) in [6, 6.07) is -4.48. The van der Waals surface area contributed by atoms with Gasteiger partial charge in [0.15, 0.2) is 0 Å². The van der Waals surface area contributed by atoms with E-state index in [-0.39, 0.29) is 4.90 Å². The van der Waals surface area contributed by atoms with Crippen LogP contribution in [0, 0.1) is 5.41 Å². The van der Waals surface area contributed by atoms with Gasteiger partial charge in [0.05, 0.1) is 7.11 Å². The summed E-state index contributed by atoms with van der Waals surface area (Å²) in [5, 5.41) is 9.88. The van der Waals surface area contributed by atoms with Crippen molar-refractivity contribution in [1.29, 1.82) is 5.41 Å². The second-order valence-corrected chi connectivity index (χ2v) is 3.38. The molecule has 0 aliphatic heterocycles. The maximum absolute atomic E-state index is 12.0. The van der Waals surface area contributed by atoms with E-state index in [0.29, 0.717) is 5.32 Å². The molecule has 10 heteroatoms. The number of alkyl halides is 3. The number of ether oxygens (including phenoxy) is 1. The zero-order valence-electron chi connectivity index (χ0n) is 9.88. The van der Waals surface area contributed by atoms with Gasteiger partial charge in [0.2, 0.25) is 0 Å². The fraction of sp³-hybridized carbons (Fsp3) is 0.625. The number of urea groups is 2. The lowest BCUT2D eigenvalue weighted by molar-refractivity contribution is -0.146. The number of amidine groups is 1. The van der Waals surface area contributed by atoms with Gasteiger partial charge in [-0.05, 0) is 13.8 Å². The third-order valence-electron chi connectivity index (χ3n) is 1.46. The molecule has 0 saturated carbocycles. The van der Waals surface area contributed by atoms with Crippen LogP contribution in [0.5, 0.6) is 0 Å². The molecular weight excluding hydrogens is 257 g/mol. The molecule has 3 N–H and O–H groups in total. The monoisotopic (exact) mass is 270 g/mol. The number of rotatable bonds is 1. The molecule has 0 bridgehead atoms. The van der Waals surface area contributed by atoms with Gasteiger partial charge in [0.25, 0.3) is 0 Å². The molecule has 7 nitrogen and oxygen atoms in total. The number of halogens is 3. The van der Waals surface area contributed by atoms with Crippen LogP contribution in [0.1, 0.15) is 13.8 Å². The molecular formula is C8H13F3N4O3. The van der Waals surface area contributed by atoms with Gasteiger partial charge >= 0.3 is 24.4 Å². The van der Waals surface area contributed by atoms with Gasteiger partial charge in [-0.1, -0.05) is 0 Å². The molecule has 0 aromatic heterocycles. The minimum atomic E-state index is -5.01. The van der Waals surface area contributed by atoms with E-state index in [1.54, 1.807) is 0 Å². The van der Waals surface area contributed by atoms with E-state index in [1.165, 1.54) is 13.8 Å². The number of carbonyl (C=O) groups is 2. The molecule has 0 heterocycles. The molecule has 0 atom stereocenters. The van der Waals surface area contributed by atoms with E-state index in [2.05, 4.69) is 10.1 Å². The van der Waals surface area contributed by atoms with Crippen LogP contribution in [0.15, 0.2) is 0 Å². The molecule has 0 aliphatic rings. The minimum absolute atomic E-state index is 0.104. The van der Waals surface area contributed by atoms with Crippen LogP contribution in [0.25, 0.3) is 0 Å². The van der Waals surface area contributed by atoms with Gasteiger partial charge in [-0.15, -0.1) is 0 Å². The third kappa shape index (κ3) is 5.37. The molecule has 4 amide bonds. The second-order valence-electron chi connectivity index (χ2n) is 3.38. The van der Waals surface area contributed by atoms with E-state index < -0.39 is 30.4 Å². The van der Waals surface area contributed by atoms with Crippen molar-refractivity contribution in [3.63, 3.8) is 0 Å². The molecule has 0 aromatic rings. The van der Waals surface area contributed by atoms with Crippen LogP contribution in [0.3, 0.4) is 0 Å². The van der Waals surface area contributed by atoms with Crippen LogP contribution in [0.4, 0.5) is 22.8 Å². The highest BCUT2D eigenvalue weighted by Crippen LogP contribution is 2.10. The zero-order valence-corrected chi connectivity index (χ0v) is 9.88. The van der Waals surface area contributed by atoms with Gasteiger partial charge in [0.1, 0.15) is 0 Å². The maximum atomic E-state index is 12.0. The van der Waals surface area contributed by atoms with Gasteiger partial charge in [-0.25, -0.2) is 14.9 Å². The summed E-state index contributed by atoms with van der Waals surface area (Å²) in [7, 11) is 0.943. The summed E-state index contributed by atoms with van der Waals surface area (Å²) in [5.41, 5.74) is 0. The van der Waals surface area contributed by atoms with Crippen molar-refractivity contribution in [3.05, 3.63) is 0 Å². The van der Waals surface area contributed by atoms with Gasteiger partial charge in [-0.3, -0.25) is 5.41 Å². The summed E-state index contributed by atoms with van der Waals surface area (Å²) < 4.78 is 40.1. The topological polar surface area (TPSA) is 94.5 Å². The first-order chi connectivity index (χ1) is 8.08. The first-order valence-corrected chi connectivity index (χ1v) is 4.70. The largest absolute Gasteiger partial charge is 0.485 e. The number of nitrogens with zero attached hydrogens (tertiary/aromatic N) is 1. The summed E-state index contributed by atoms with van der Waals surface area (Å²) in [6.45, 7) is 3.07. The Kier molecular flexibility index (Phi) is 5.40. The van der Waals surface area contributed by atoms with E-state index in [4.69, 9.17) is 5.41 Å². The van der Waals surface area contributed by atoms with Crippen LogP contribution >= 0.6 is 0 Å². The number of hydrogen-bond donors (Lipinski definition) is 3. The highest BCUT2D eigenvalue weighted by atomic mass is 19.4. The normalized spacial score (nSPS) is 10.8. The zero-order chi connectivity index (χ0) is 14.5. The first-order valence-electron chi connectivity index (χ1n) is 4.70. The Morgan fingerprint density at radius 2 is 1.78 bits per heavy atom. The predicted octanol–water partition coefficient (Wildman–Crippen LogP) is 1.22. The lowest BCUT2D eigenvalue weighted by atomic mass is 10.4. The molecule has 0 radical (unpaired) electrons. The molecule has 104 valence electrons. The number of carbonyl (C=O) groups excluding carboxylic acids is 2. The van der Waals surface area contributed by atoms with Crippen LogP contribution < -0.4 is 10.6 Å². The predicted molar refractivity (Wildman–Crippen MR) is 54.8 cm³/mol. The van der Waals surface area contributed by atoms with Crippen LogP contribution in [0.2, 0.25) is 0 Å². The quantitative estimate of drug-likeness (QED) is 0.380. The van der Waals surface area contributed by atoms with Crippen molar-refractivity contribution in [2.75, 3.05) is 7.11 Å². The van der Waals surface area contributed by atoms with Gasteiger partial charge < -0.3 is 10.1 Å². The lowest BCUT2D eigenvalue weighted by Gasteiger charge is -2.22. The number of hydrogen-bond acceptors (Lipinski definition) is 4. The molecule has 0 spiro atoms. The average molecular weight is 270 g/mol. The fourth-order valence-corrected chi connectivity index (χ4v) is 0.857. The van der Waals surface area contributed by atoms with E-state index in [9.17, 15) is 22.8 Å². The number of nitrogens with one attached hydrogen (secondary N) is 3. The third-order valence-corrected chi connectivity index (χ3v) is 1.46. The number of amides is 4. The first kappa shape index (κ1) is 16.0. The molecule has 18 heavy (non-hydrogen) atoms. The van der Waals surface area contributed by atoms with Crippen molar-refractivity contribution in [2.24, 2.45) is 0 Å². The van der Waals surface area contributed by atoms with Crippen molar-refractivity contribution in [2.45, 2.75) is 26.2 Å². The molecule has 0 unspecified atom stereocenters. The standard InChI is InChI=1S/C8H13F3N4O3/c1-4(2)13-6(16)15(5(12)18-3)7(17)14-8(9,10)11/h4,12H,1-3H3,(H,13,16)(H,14,17). The molecule has 0 aliphatic carbocycles. The highest BCUT2D eigenvalue weighted by Gasteiger charge is 2.36. The Balaban J connectivity index is 4.95. The molecule has 0 fully saturated rings. The summed E-state index contributed by atoms with van der Waals surface area (Å²) in [5.74, 6) is 0.